The van der Waals surface area contributed by atoms with Crippen LogP contribution in [0, 0.1) is 6.92 Å². The van der Waals surface area contributed by atoms with Gasteiger partial charge in [0.15, 0.2) is 0 Å². The van der Waals surface area contributed by atoms with Gasteiger partial charge in [0, 0.05) is 25.0 Å². The van der Waals surface area contributed by atoms with Gasteiger partial charge in [-0.1, -0.05) is 12.1 Å². The highest BCUT2D eigenvalue weighted by Crippen LogP contribution is 2.16. The summed E-state index contributed by atoms with van der Waals surface area (Å²) in [6.07, 6.45) is 1.43. The molecule has 0 aliphatic rings. The van der Waals surface area contributed by atoms with Crippen LogP contribution in [-0.4, -0.2) is 24.9 Å². The Labute approximate surface area is 136 Å². The minimum Gasteiger partial charge on any atom is -0.345 e. The van der Waals surface area contributed by atoms with Crippen LogP contribution in [-0.2, 0) is 17.1 Å². The van der Waals surface area contributed by atoms with Gasteiger partial charge in [-0.05, 0) is 44.5 Å². The monoisotopic (exact) mass is 335 g/mol. The molecule has 0 saturated heterocycles. The molecule has 1 aromatic carbocycles. The first-order chi connectivity index (χ1) is 10.7. The van der Waals surface area contributed by atoms with Crippen molar-refractivity contribution in [2.45, 2.75) is 31.7 Å². The largest absolute Gasteiger partial charge is 0.345 e. The number of benzene rings is 1. The minimum absolute atomic E-state index is 0.0723. The fourth-order valence-corrected chi connectivity index (χ4v) is 3.52. The highest BCUT2D eigenvalue weighted by molar-refractivity contribution is 7.89. The molecule has 0 bridgehead atoms. The van der Waals surface area contributed by atoms with E-state index in [2.05, 4.69) is 10.0 Å². The quantitative estimate of drug-likeness (QED) is 0.879. The third kappa shape index (κ3) is 4.20. The Morgan fingerprint density at radius 1 is 1.22 bits per heavy atom. The average molecular weight is 335 g/mol. The average Bonchev–Trinajstić information content (AvgIpc) is 2.80. The number of hydrogen-bond donors (Lipinski definition) is 2. The summed E-state index contributed by atoms with van der Waals surface area (Å²) in [5.74, 6) is -0.357. The van der Waals surface area contributed by atoms with Crippen molar-refractivity contribution in [2.24, 2.45) is 7.05 Å². The molecule has 2 rings (SSSR count). The number of nitrogens with zero attached hydrogens (tertiary/aromatic N) is 1. The molecule has 0 radical (unpaired) electrons. The zero-order chi connectivity index (χ0) is 17.2. The molecule has 0 saturated carbocycles. The number of hydrogen-bond acceptors (Lipinski definition) is 3. The lowest BCUT2D eigenvalue weighted by atomic mass is 10.2. The third-order valence-electron chi connectivity index (χ3n) is 3.19. The van der Waals surface area contributed by atoms with Crippen LogP contribution in [0.25, 0.3) is 0 Å². The van der Waals surface area contributed by atoms with Crippen LogP contribution in [0.3, 0.4) is 0 Å². The zero-order valence-electron chi connectivity index (χ0n) is 13.6. The lowest BCUT2D eigenvalue weighted by Gasteiger charge is -2.07. The fourth-order valence-electron chi connectivity index (χ4n) is 2.20. The maximum Gasteiger partial charge on any atom is 0.272 e. The molecule has 0 aliphatic heterocycles. The maximum absolute atomic E-state index is 12.4. The van der Waals surface area contributed by atoms with Gasteiger partial charge < -0.3 is 9.88 Å². The number of anilines is 1. The molecule has 0 atom stereocenters. The van der Waals surface area contributed by atoms with E-state index in [1.165, 1.54) is 16.8 Å². The summed E-state index contributed by atoms with van der Waals surface area (Å²) in [7, 11) is -1.99. The van der Waals surface area contributed by atoms with E-state index in [1.54, 1.807) is 27.0 Å². The van der Waals surface area contributed by atoms with Crippen molar-refractivity contribution in [1.29, 1.82) is 0 Å². The van der Waals surface area contributed by atoms with Gasteiger partial charge in [-0.2, -0.15) is 0 Å². The van der Waals surface area contributed by atoms with E-state index in [0.717, 1.165) is 5.56 Å². The smallest absolute Gasteiger partial charge is 0.272 e. The second-order valence-corrected chi connectivity index (χ2v) is 7.49. The van der Waals surface area contributed by atoms with E-state index in [4.69, 9.17) is 0 Å². The van der Waals surface area contributed by atoms with Crippen LogP contribution < -0.4 is 10.0 Å². The number of rotatable bonds is 5. The summed E-state index contributed by atoms with van der Waals surface area (Å²) >= 11 is 0. The van der Waals surface area contributed by atoms with Gasteiger partial charge in [0.25, 0.3) is 5.91 Å². The van der Waals surface area contributed by atoms with Crippen molar-refractivity contribution in [3.8, 4) is 0 Å². The standard InChI is InChI=1S/C16H21N3O3S/c1-11(2)18-23(21,22)14-9-15(19(4)10-14)16(20)17-13-7-5-6-12(3)8-13/h5-11,18H,1-4H3,(H,17,20). The number of aryl methyl sites for hydroxylation is 2. The van der Waals surface area contributed by atoms with Crippen LogP contribution in [0.5, 0.6) is 0 Å². The van der Waals surface area contributed by atoms with Gasteiger partial charge in [-0.25, -0.2) is 13.1 Å². The van der Waals surface area contributed by atoms with Gasteiger partial charge >= 0.3 is 0 Å². The van der Waals surface area contributed by atoms with Crippen molar-refractivity contribution in [3.05, 3.63) is 47.8 Å². The van der Waals surface area contributed by atoms with Crippen molar-refractivity contribution in [2.75, 3.05) is 5.32 Å². The molecule has 2 aromatic rings. The Kier molecular flexibility index (Phi) is 4.91. The summed E-state index contributed by atoms with van der Waals surface area (Å²) in [6, 6.07) is 8.56. The van der Waals surface area contributed by atoms with Gasteiger partial charge in [0.2, 0.25) is 10.0 Å². The first-order valence-electron chi connectivity index (χ1n) is 7.26. The van der Waals surface area contributed by atoms with E-state index < -0.39 is 10.0 Å². The van der Waals surface area contributed by atoms with Crippen molar-refractivity contribution in [1.82, 2.24) is 9.29 Å². The summed E-state index contributed by atoms with van der Waals surface area (Å²) in [5.41, 5.74) is 1.97. The lowest BCUT2D eigenvalue weighted by Crippen LogP contribution is -2.29. The van der Waals surface area contributed by atoms with E-state index in [0.29, 0.717) is 5.69 Å². The summed E-state index contributed by atoms with van der Waals surface area (Å²) < 4.78 is 28.4. The Morgan fingerprint density at radius 3 is 2.52 bits per heavy atom. The van der Waals surface area contributed by atoms with Gasteiger partial charge in [0.05, 0.1) is 0 Å². The number of nitrogens with one attached hydrogen (secondary N) is 2. The maximum atomic E-state index is 12.4. The SMILES string of the molecule is Cc1cccc(NC(=O)c2cc(S(=O)(=O)NC(C)C)cn2C)c1. The normalized spacial score (nSPS) is 11.7. The highest BCUT2D eigenvalue weighted by Gasteiger charge is 2.21. The summed E-state index contributed by atoms with van der Waals surface area (Å²) in [6.45, 7) is 5.41. The van der Waals surface area contributed by atoms with E-state index in [-0.39, 0.29) is 22.5 Å². The molecule has 0 unspecified atom stereocenters. The van der Waals surface area contributed by atoms with Crippen LogP contribution >= 0.6 is 0 Å². The molecule has 1 heterocycles. The number of carbonyl (C=O) groups excluding carboxylic acids is 1. The predicted octanol–water partition coefficient (Wildman–Crippen LogP) is 2.27. The molecular formula is C16H21N3O3S. The molecule has 2 N–H and O–H groups in total. The Balaban J connectivity index is 2.26. The molecule has 1 aromatic heterocycles. The van der Waals surface area contributed by atoms with Crippen molar-refractivity contribution in [3.63, 3.8) is 0 Å². The Morgan fingerprint density at radius 2 is 1.91 bits per heavy atom. The molecular weight excluding hydrogens is 314 g/mol. The zero-order valence-corrected chi connectivity index (χ0v) is 14.4. The molecule has 7 heteroatoms. The second-order valence-electron chi connectivity index (χ2n) is 5.77. The van der Waals surface area contributed by atoms with Gasteiger partial charge in [-0.15, -0.1) is 0 Å². The van der Waals surface area contributed by atoms with Crippen molar-refractivity contribution >= 4 is 21.6 Å². The van der Waals surface area contributed by atoms with Gasteiger partial charge in [-0.3, -0.25) is 4.79 Å². The summed E-state index contributed by atoms with van der Waals surface area (Å²) in [5, 5.41) is 2.77. The van der Waals surface area contributed by atoms with Gasteiger partial charge in [0.1, 0.15) is 10.6 Å². The second kappa shape index (κ2) is 6.55. The molecule has 6 nitrogen and oxygen atoms in total. The molecule has 0 fully saturated rings. The van der Waals surface area contributed by atoms with Crippen LogP contribution in [0.2, 0.25) is 0 Å². The van der Waals surface area contributed by atoms with Crippen LogP contribution in [0.1, 0.15) is 29.9 Å². The molecule has 124 valence electrons. The van der Waals surface area contributed by atoms with E-state index in [9.17, 15) is 13.2 Å². The molecule has 0 spiro atoms. The van der Waals surface area contributed by atoms with Crippen LogP contribution in [0.4, 0.5) is 5.69 Å². The Hall–Kier alpha value is -2.12. The molecule has 0 aliphatic carbocycles. The number of aromatic nitrogens is 1. The predicted molar refractivity (Wildman–Crippen MR) is 90.0 cm³/mol. The molecule has 23 heavy (non-hydrogen) atoms. The first-order valence-corrected chi connectivity index (χ1v) is 8.74. The number of carbonyl (C=O) groups is 1. The van der Waals surface area contributed by atoms with E-state index >= 15 is 0 Å². The van der Waals surface area contributed by atoms with Crippen molar-refractivity contribution < 1.29 is 13.2 Å². The minimum atomic E-state index is -3.63. The van der Waals surface area contributed by atoms with Crippen LogP contribution in [0.15, 0.2) is 41.4 Å². The lowest BCUT2D eigenvalue weighted by molar-refractivity contribution is 0.101. The number of amides is 1. The third-order valence-corrected chi connectivity index (χ3v) is 4.82. The fraction of sp³-hybridized carbons (Fsp3) is 0.312. The van der Waals surface area contributed by atoms with E-state index in [1.807, 2.05) is 25.1 Å². The highest BCUT2D eigenvalue weighted by atomic mass is 32.2. The topological polar surface area (TPSA) is 80.2 Å². The Bertz CT molecular complexity index is 823. The molecule has 1 amide bonds. The number of sulfonamides is 1. The first kappa shape index (κ1) is 17.2. The summed E-state index contributed by atoms with van der Waals surface area (Å²) in [4.78, 5) is 12.4.